The molecule has 32 heavy (non-hydrogen) atoms. The summed E-state index contributed by atoms with van der Waals surface area (Å²) in [6.07, 6.45) is 0. The Hall–Kier alpha value is -2.61. The first-order valence-electron chi connectivity index (χ1n) is 9.88. The average molecular weight is 528 g/mol. The van der Waals surface area contributed by atoms with E-state index in [1.54, 1.807) is 0 Å². The van der Waals surface area contributed by atoms with Gasteiger partial charge in [0.2, 0.25) is 5.91 Å². The van der Waals surface area contributed by atoms with Gasteiger partial charge < -0.3 is 5.32 Å². The number of carbonyl (C=O) groups excluding carboxylic acids is 1. The van der Waals surface area contributed by atoms with E-state index in [1.807, 2.05) is 79.1 Å². The molecule has 0 bridgehead atoms. The van der Waals surface area contributed by atoms with Crippen molar-refractivity contribution in [3.05, 3.63) is 87.4 Å². The number of aryl methyl sites for hydroxylation is 2. The first kappa shape index (κ1) is 22.6. The summed E-state index contributed by atoms with van der Waals surface area (Å²) in [6.45, 7) is 4.04. The Balaban J connectivity index is 1.60. The molecular weight excluding hydrogens is 508 g/mol. The fourth-order valence-electron chi connectivity index (χ4n) is 3.20. The van der Waals surface area contributed by atoms with Gasteiger partial charge in [-0.15, -0.1) is 10.2 Å². The molecule has 0 fully saturated rings. The van der Waals surface area contributed by atoms with Gasteiger partial charge in [0.1, 0.15) is 0 Å². The maximum absolute atomic E-state index is 12.6. The Morgan fingerprint density at radius 3 is 2.50 bits per heavy atom. The lowest BCUT2D eigenvalue weighted by atomic mass is 10.1. The standard InChI is InChI=1S/C24H20BrClN4OS/c1-15-4-3-5-17(12-15)23-28-29-24(30(23)19-9-7-18(26)8-10-19)32-14-22(31)27-21-11-6-16(2)13-20(21)25/h3-13H,14H2,1-2H3,(H,27,31). The van der Waals surface area contributed by atoms with E-state index in [0.29, 0.717) is 16.0 Å². The number of aromatic nitrogens is 3. The molecule has 0 saturated heterocycles. The second kappa shape index (κ2) is 9.90. The molecule has 4 aromatic rings. The van der Waals surface area contributed by atoms with Gasteiger partial charge in [-0.25, -0.2) is 0 Å². The van der Waals surface area contributed by atoms with Crippen molar-refractivity contribution >= 4 is 50.9 Å². The van der Waals surface area contributed by atoms with Crippen LogP contribution in [0.15, 0.2) is 76.4 Å². The van der Waals surface area contributed by atoms with E-state index >= 15 is 0 Å². The van der Waals surface area contributed by atoms with Crippen LogP contribution >= 0.6 is 39.3 Å². The van der Waals surface area contributed by atoms with Crippen LogP contribution < -0.4 is 5.32 Å². The SMILES string of the molecule is Cc1cccc(-c2nnc(SCC(=O)Nc3ccc(C)cc3Br)n2-c2ccc(Cl)cc2)c1. The summed E-state index contributed by atoms with van der Waals surface area (Å²) in [5, 5.41) is 13.0. The highest BCUT2D eigenvalue weighted by atomic mass is 79.9. The van der Waals surface area contributed by atoms with Gasteiger partial charge in [-0.3, -0.25) is 9.36 Å². The van der Waals surface area contributed by atoms with Gasteiger partial charge in [0, 0.05) is 20.7 Å². The molecule has 5 nitrogen and oxygen atoms in total. The van der Waals surface area contributed by atoms with Gasteiger partial charge in [0.15, 0.2) is 11.0 Å². The number of benzene rings is 3. The number of halogens is 2. The van der Waals surface area contributed by atoms with E-state index < -0.39 is 0 Å². The maximum atomic E-state index is 12.6. The molecule has 0 atom stereocenters. The summed E-state index contributed by atoms with van der Waals surface area (Å²) in [4.78, 5) is 12.6. The molecule has 162 valence electrons. The molecule has 0 aliphatic heterocycles. The number of anilines is 1. The van der Waals surface area contributed by atoms with Gasteiger partial charge in [-0.2, -0.15) is 0 Å². The van der Waals surface area contributed by atoms with Gasteiger partial charge >= 0.3 is 0 Å². The third-order valence-corrected chi connectivity index (χ3v) is 6.56. The Morgan fingerprint density at radius 2 is 1.78 bits per heavy atom. The second-order valence-electron chi connectivity index (χ2n) is 7.31. The first-order chi connectivity index (χ1) is 15.4. The Kier molecular flexibility index (Phi) is 6.98. The van der Waals surface area contributed by atoms with Crippen molar-refractivity contribution < 1.29 is 4.79 Å². The largest absolute Gasteiger partial charge is 0.324 e. The molecule has 8 heteroatoms. The number of thioether (sulfide) groups is 1. The minimum atomic E-state index is -0.123. The highest BCUT2D eigenvalue weighted by Crippen LogP contribution is 2.29. The molecule has 0 radical (unpaired) electrons. The smallest absolute Gasteiger partial charge is 0.234 e. The third kappa shape index (κ3) is 5.23. The van der Waals surface area contributed by atoms with E-state index in [0.717, 1.165) is 32.5 Å². The van der Waals surface area contributed by atoms with Crippen molar-refractivity contribution in [3.8, 4) is 17.1 Å². The Bertz CT molecular complexity index is 1270. The zero-order valence-corrected chi connectivity index (χ0v) is 20.6. The molecule has 1 N–H and O–H groups in total. The minimum absolute atomic E-state index is 0.123. The second-order valence-corrected chi connectivity index (χ2v) is 9.54. The predicted molar refractivity (Wildman–Crippen MR) is 135 cm³/mol. The average Bonchev–Trinajstić information content (AvgIpc) is 3.19. The number of hydrogen-bond donors (Lipinski definition) is 1. The molecule has 0 aliphatic carbocycles. The fraction of sp³-hybridized carbons (Fsp3) is 0.125. The Morgan fingerprint density at radius 1 is 1.03 bits per heavy atom. The molecule has 1 amide bonds. The number of hydrogen-bond acceptors (Lipinski definition) is 4. The molecular formula is C24H20BrClN4OS. The zero-order chi connectivity index (χ0) is 22.7. The molecule has 1 aromatic heterocycles. The highest BCUT2D eigenvalue weighted by molar-refractivity contribution is 9.10. The summed E-state index contributed by atoms with van der Waals surface area (Å²) < 4.78 is 2.80. The summed E-state index contributed by atoms with van der Waals surface area (Å²) in [6, 6.07) is 21.4. The maximum Gasteiger partial charge on any atom is 0.234 e. The van der Waals surface area contributed by atoms with Crippen molar-refractivity contribution in [1.82, 2.24) is 14.8 Å². The summed E-state index contributed by atoms with van der Waals surface area (Å²) >= 11 is 10.9. The van der Waals surface area contributed by atoms with Crippen molar-refractivity contribution in [2.24, 2.45) is 0 Å². The van der Waals surface area contributed by atoms with Crippen molar-refractivity contribution in [3.63, 3.8) is 0 Å². The van der Waals surface area contributed by atoms with Crippen LogP contribution in [0.3, 0.4) is 0 Å². The van der Waals surface area contributed by atoms with Crippen LogP contribution in [-0.2, 0) is 4.79 Å². The summed E-state index contributed by atoms with van der Waals surface area (Å²) in [5.74, 6) is 0.780. The van der Waals surface area contributed by atoms with Gasteiger partial charge in [0.25, 0.3) is 0 Å². The molecule has 3 aromatic carbocycles. The number of carbonyl (C=O) groups is 1. The van der Waals surface area contributed by atoms with Crippen LogP contribution in [0.1, 0.15) is 11.1 Å². The fourth-order valence-corrected chi connectivity index (χ4v) is 4.67. The molecule has 4 rings (SSSR count). The lowest BCUT2D eigenvalue weighted by Gasteiger charge is -2.11. The van der Waals surface area contributed by atoms with Gasteiger partial charge in [-0.05, 0) is 77.8 Å². The number of rotatable bonds is 6. The quantitative estimate of drug-likeness (QED) is 0.284. The van der Waals surface area contributed by atoms with Crippen LogP contribution in [0.25, 0.3) is 17.1 Å². The van der Waals surface area contributed by atoms with Crippen molar-refractivity contribution in [1.29, 1.82) is 0 Å². The highest BCUT2D eigenvalue weighted by Gasteiger charge is 2.18. The van der Waals surface area contributed by atoms with Gasteiger partial charge in [-0.1, -0.05) is 53.2 Å². The zero-order valence-electron chi connectivity index (χ0n) is 17.5. The topological polar surface area (TPSA) is 59.8 Å². The van der Waals surface area contributed by atoms with Crippen molar-refractivity contribution in [2.75, 3.05) is 11.1 Å². The molecule has 1 heterocycles. The minimum Gasteiger partial charge on any atom is -0.324 e. The Labute approximate surface area is 204 Å². The predicted octanol–water partition coefficient (Wildman–Crippen LogP) is 6.70. The van der Waals surface area contributed by atoms with Crippen molar-refractivity contribution in [2.45, 2.75) is 19.0 Å². The van der Waals surface area contributed by atoms with E-state index in [9.17, 15) is 4.79 Å². The molecule has 0 aliphatic rings. The van der Waals surface area contributed by atoms with E-state index in [1.165, 1.54) is 11.8 Å². The monoisotopic (exact) mass is 526 g/mol. The number of nitrogens with one attached hydrogen (secondary N) is 1. The first-order valence-corrected chi connectivity index (χ1v) is 12.0. The van der Waals surface area contributed by atoms with E-state index in [4.69, 9.17) is 11.6 Å². The van der Waals surface area contributed by atoms with E-state index in [2.05, 4.69) is 37.5 Å². The normalized spacial score (nSPS) is 10.9. The van der Waals surface area contributed by atoms with Gasteiger partial charge in [0.05, 0.1) is 11.4 Å². The summed E-state index contributed by atoms with van der Waals surface area (Å²) in [7, 11) is 0. The molecule has 0 saturated carbocycles. The van der Waals surface area contributed by atoms with Crippen LogP contribution in [0.4, 0.5) is 5.69 Å². The van der Waals surface area contributed by atoms with E-state index in [-0.39, 0.29) is 11.7 Å². The number of nitrogens with zero attached hydrogens (tertiary/aromatic N) is 3. The van der Waals surface area contributed by atoms with Crippen LogP contribution in [0, 0.1) is 13.8 Å². The summed E-state index contributed by atoms with van der Waals surface area (Å²) in [5.41, 5.74) is 4.81. The lowest BCUT2D eigenvalue weighted by molar-refractivity contribution is -0.113. The number of amides is 1. The molecule has 0 spiro atoms. The lowest BCUT2D eigenvalue weighted by Crippen LogP contribution is -2.15. The van der Waals surface area contributed by atoms with Crippen LogP contribution in [0.2, 0.25) is 5.02 Å². The van der Waals surface area contributed by atoms with Crippen LogP contribution in [0.5, 0.6) is 0 Å². The third-order valence-electron chi connectivity index (χ3n) is 4.73. The van der Waals surface area contributed by atoms with Crippen LogP contribution in [-0.4, -0.2) is 26.4 Å². The molecule has 0 unspecified atom stereocenters.